The molecule has 1 fully saturated rings. The van der Waals surface area contributed by atoms with Crippen LogP contribution in [0, 0.1) is 12.8 Å². The maximum absolute atomic E-state index is 12.3. The van der Waals surface area contributed by atoms with Gasteiger partial charge in [-0.3, -0.25) is 4.79 Å². The summed E-state index contributed by atoms with van der Waals surface area (Å²) in [7, 11) is 1.87. The normalized spacial score (nSPS) is 23.9. The molecule has 0 spiro atoms. The van der Waals surface area contributed by atoms with E-state index in [1.807, 2.05) is 18.9 Å². The van der Waals surface area contributed by atoms with Gasteiger partial charge in [-0.2, -0.15) is 0 Å². The van der Waals surface area contributed by atoms with Gasteiger partial charge in [-0.15, -0.1) is 0 Å². The summed E-state index contributed by atoms with van der Waals surface area (Å²) in [6, 6.07) is 2.02. The zero-order valence-electron chi connectivity index (χ0n) is 10.5. The molecule has 4 nitrogen and oxygen atoms in total. The quantitative estimate of drug-likeness (QED) is 0.870. The molecule has 2 rings (SSSR count). The Labute approximate surface area is 102 Å². The molecule has 0 saturated heterocycles. The van der Waals surface area contributed by atoms with Crippen molar-refractivity contribution < 1.29 is 9.21 Å². The van der Waals surface area contributed by atoms with Gasteiger partial charge in [0.1, 0.15) is 5.76 Å². The molecule has 1 aliphatic carbocycles. The molecule has 1 aromatic rings. The standard InChI is InChI=1S/C13H20N2O2/c1-9-11(6-7-17-9)13(16)15(2)12-5-3-4-10(12)8-14/h6-7,10,12H,3-5,8,14H2,1-2H3. The van der Waals surface area contributed by atoms with E-state index in [1.165, 1.54) is 0 Å². The van der Waals surface area contributed by atoms with E-state index in [0.717, 1.165) is 19.3 Å². The van der Waals surface area contributed by atoms with E-state index in [9.17, 15) is 4.79 Å². The number of nitrogens with zero attached hydrogens (tertiary/aromatic N) is 1. The molecule has 17 heavy (non-hydrogen) atoms. The van der Waals surface area contributed by atoms with Gasteiger partial charge in [-0.1, -0.05) is 6.42 Å². The molecule has 4 heteroatoms. The van der Waals surface area contributed by atoms with Crippen molar-refractivity contribution >= 4 is 5.91 Å². The van der Waals surface area contributed by atoms with Crippen molar-refractivity contribution in [3.63, 3.8) is 0 Å². The second kappa shape index (κ2) is 4.92. The Balaban J connectivity index is 2.12. The lowest BCUT2D eigenvalue weighted by atomic mass is 10.0. The molecule has 0 bridgehead atoms. The highest BCUT2D eigenvalue weighted by molar-refractivity contribution is 5.95. The number of carbonyl (C=O) groups is 1. The minimum atomic E-state index is 0.0431. The molecule has 2 atom stereocenters. The van der Waals surface area contributed by atoms with Gasteiger partial charge in [0, 0.05) is 13.1 Å². The summed E-state index contributed by atoms with van der Waals surface area (Å²) in [4.78, 5) is 14.1. The summed E-state index contributed by atoms with van der Waals surface area (Å²) in [6.45, 7) is 2.47. The highest BCUT2D eigenvalue weighted by Crippen LogP contribution is 2.29. The molecule has 1 aliphatic rings. The predicted molar refractivity (Wildman–Crippen MR) is 65.7 cm³/mol. The first-order chi connectivity index (χ1) is 8.15. The van der Waals surface area contributed by atoms with Gasteiger partial charge < -0.3 is 15.1 Å². The van der Waals surface area contributed by atoms with E-state index in [1.54, 1.807) is 12.3 Å². The first-order valence-corrected chi connectivity index (χ1v) is 6.16. The summed E-state index contributed by atoms with van der Waals surface area (Å²) in [5, 5.41) is 0. The van der Waals surface area contributed by atoms with Crippen LogP contribution in [0.4, 0.5) is 0 Å². The molecule has 0 aliphatic heterocycles. The summed E-state index contributed by atoms with van der Waals surface area (Å²) in [5.74, 6) is 1.17. The van der Waals surface area contributed by atoms with E-state index >= 15 is 0 Å². The topological polar surface area (TPSA) is 59.5 Å². The van der Waals surface area contributed by atoms with Crippen molar-refractivity contribution in [1.82, 2.24) is 4.90 Å². The maximum atomic E-state index is 12.3. The first-order valence-electron chi connectivity index (χ1n) is 6.16. The largest absolute Gasteiger partial charge is 0.469 e. The van der Waals surface area contributed by atoms with E-state index in [2.05, 4.69) is 0 Å². The second-order valence-corrected chi connectivity index (χ2v) is 4.80. The molecule has 94 valence electrons. The lowest BCUT2D eigenvalue weighted by molar-refractivity contribution is 0.0698. The van der Waals surface area contributed by atoms with Gasteiger partial charge in [0.2, 0.25) is 0 Å². The molecular weight excluding hydrogens is 216 g/mol. The van der Waals surface area contributed by atoms with Crippen LogP contribution in [-0.4, -0.2) is 30.4 Å². The van der Waals surface area contributed by atoms with Crippen LogP contribution in [0.15, 0.2) is 16.7 Å². The third kappa shape index (κ3) is 2.22. The minimum Gasteiger partial charge on any atom is -0.469 e. The number of furan rings is 1. The van der Waals surface area contributed by atoms with Crippen LogP contribution in [0.5, 0.6) is 0 Å². The summed E-state index contributed by atoms with van der Waals surface area (Å²) < 4.78 is 5.18. The third-order valence-corrected chi connectivity index (χ3v) is 3.83. The van der Waals surface area contributed by atoms with Gasteiger partial charge in [0.15, 0.2) is 0 Å². The van der Waals surface area contributed by atoms with Crippen molar-refractivity contribution in [1.29, 1.82) is 0 Å². The smallest absolute Gasteiger partial charge is 0.257 e. The average Bonchev–Trinajstić information content (AvgIpc) is 2.95. The lowest BCUT2D eigenvalue weighted by Gasteiger charge is -2.29. The van der Waals surface area contributed by atoms with Gasteiger partial charge in [-0.25, -0.2) is 0 Å². The Morgan fingerprint density at radius 3 is 2.94 bits per heavy atom. The van der Waals surface area contributed by atoms with Crippen molar-refractivity contribution in [2.75, 3.05) is 13.6 Å². The molecule has 1 aromatic heterocycles. The highest BCUT2D eigenvalue weighted by Gasteiger charge is 2.32. The van der Waals surface area contributed by atoms with E-state index in [4.69, 9.17) is 10.2 Å². The Bertz CT molecular complexity index is 400. The predicted octanol–water partition coefficient (Wildman–Crippen LogP) is 1.79. The molecular formula is C13H20N2O2. The number of hydrogen-bond donors (Lipinski definition) is 1. The van der Waals surface area contributed by atoms with E-state index < -0.39 is 0 Å². The third-order valence-electron chi connectivity index (χ3n) is 3.83. The summed E-state index contributed by atoms with van der Waals surface area (Å²) >= 11 is 0. The fourth-order valence-corrected chi connectivity index (χ4v) is 2.75. The summed E-state index contributed by atoms with van der Waals surface area (Å²) in [6.07, 6.45) is 4.91. The van der Waals surface area contributed by atoms with Crippen LogP contribution >= 0.6 is 0 Å². The zero-order chi connectivity index (χ0) is 12.4. The van der Waals surface area contributed by atoms with Crippen molar-refractivity contribution in [3.05, 3.63) is 23.7 Å². The molecule has 0 radical (unpaired) electrons. The fraction of sp³-hybridized carbons (Fsp3) is 0.615. The Kier molecular flexibility index (Phi) is 3.52. The van der Waals surface area contributed by atoms with Crippen molar-refractivity contribution in [2.45, 2.75) is 32.2 Å². The molecule has 1 saturated carbocycles. The van der Waals surface area contributed by atoms with Crippen LogP contribution in [0.2, 0.25) is 0 Å². The number of rotatable bonds is 3. The van der Waals surface area contributed by atoms with Gasteiger partial charge in [0.25, 0.3) is 5.91 Å². The Hall–Kier alpha value is -1.29. The van der Waals surface area contributed by atoms with Crippen LogP contribution in [-0.2, 0) is 0 Å². The number of aryl methyl sites for hydroxylation is 1. The average molecular weight is 236 g/mol. The lowest BCUT2D eigenvalue weighted by Crippen LogP contribution is -2.41. The van der Waals surface area contributed by atoms with Crippen LogP contribution in [0.3, 0.4) is 0 Å². The SMILES string of the molecule is Cc1occc1C(=O)N(C)C1CCCC1CN. The second-order valence-electron chi connectivity index (χ2n) is 4.80. The van der Waals surface area contributed by atoms with Crippen LogP contribution in [0.1, 0.15) is 35.4 Å². The molecule has 1 amide bonds. The monoisotopic (exact) mass is 236 g/mol. The van der Waals surface area contributed by atoms with Gasteiger partial charge in [-0.05, 0) is 38.3 Å². The molecule has 0 aromatic carbocycles. The maximum Gasteiger partial charge on any atom is 0.257 e. The van der Waals surface area contributed by atoms with Crippen LogP contribution < -0.4 is 5.73 Å². The first kappa shape index (κ1) is 12.2. The molecule has 2 unspecified atom stereocenters. The highest BCUT2D eigenvalue weighted by atomic mass is 16.3. The van der Waals surface area contributed by atoms with Gasteiger partial charge in [0.05, 0.1) is 11.8 Å². The number of amides is 1. The minimum absolute atomic E-state index is 0.0431. The molecule has 2 N–H and O–H groups in total. The fourth-order valence-electron chi connectivity index (χ4n) is 2.75. The number of carbonyl (C=O) groups excluding carboxylic acids is 1. The number of hydrogen-bond acceptors (Lipinski definition) is 3. The van der Waals surface area contributed by atoms with E-state index in [0.29, 0.717) is 23.8 Å². The summed E-state index contributed by atoms with van der Waals surface area (Å²) in [5.41, 5.74) is 6.42. The Morgan fingerprint density at radius 2 is 2.35 bits per heavy atom. The zero-order valence-corrected chi connectivity index (χ0v) is 10.5. The van der Waals surface area contributed by atoms with Crippen LogP contribution in [0.25, 0.3) is 0 Å². The number of nitrogens with two attached hydrogens (primary N) is 1. The van der Waals surface area contributed by atoms with Gasteiger partial charge >= 0.3 is 0 Å². The Morgan fingerprint density at radius 1 is 1.59 bits per heavy atom. The van der Waals surface area contributed by atoms with Crippen molar-refractivity contribution in [2.24, 2.45) is 11.7 Å². The van der Waals surface area contributed by atoms with E-state index in [-0.39, 0.29) is 11.9 Å². The molecule has 1 heterocycles. The van der Waals surface area contributed by atoms with Crippen molar-refractivity contribution in [3.8, 4) is 0 Å².